The Balaban J connectivity index is 3.39. The molecule has 0 saturated heterocycles. The van der Waals surface area contributed by atoms with Gasteiger partial charge in [0.2, 0.25) is 0 Å². The summed E-state index contributed by atoms with van der Waals surface area (Å²) in [5.74, 6) is 0.973. The first-order chi connectivity index (χ1) is 5.85. The molecule has 0 heterocycles. The second-order valence-electron chi connectivity index (χ2n) is 3.56. The van der Waals surface area contributed by atoms with Crippen LogP contribution in [0.15, 0.2) is 12.2 Å². The van der Waals surface area contributed by atoms with E-state index in [9.17, 15) is 0 Å². The highest BCUT2D eigenvalue weighted by Gasteiger charge is 2.03. The predicted octanol–water partition coefficient (Wildman–Crippen LogP) is 4.56. The third-order valence-electron chi connectivity index (χ3n) is 2.52. The van der Waals surface area contributed by atoms with Crippen molar-refractivity contribution in [3.8, 4) is 0 Å². The summed E-state index contributed by atoms with van der Waals surface area (Å²) in [5, 5.41) is 0. The zero-order valence-corrected chi connectivity index (χ0v) is 8.97. The largest absolute Gasteiger partial charge is 0.0917 e. The van der Waals surface area contributed by atoms with Crippen molar-refractivity contribution in [1.29, 1.82) is 0 Å². The maximum Gasteiger partial charge on any atom is -0.0348 e. The Labute approximate surface area is 78.1 Å². The molecular formula is C12H24. The molecule has 0 heteroatoms. The molecule has 12 heavy (non-hydrogen) atoms. The van der Waals surface area contributed by atoms with Crippen LogP contribution in [-0.4, -0.2) is 0 Å². The third kappa shape index (κ3) is 6.45. The van der Waals surface area contributed by atoms with Crippen molar-refractivity contribution < 1.29 is 0 Å². The molecule has 0 fully saturated rings. The van der Waals surface area contributed by atoms with E-state index in [4.69, 9.17) is 0 Å². The van der Waals surface area contributed by atoms with Gasteiger partial charge >= 0.3 is 0 Å². The Morgan fingerprint density at radius 1 is 1.17 bits per heavy atom. The van der Waals surface area contributed by atoms with Gasteiger partial charge in [-0.1, -0.05) is 51.7 Å². The fraction of sp³-hybridized carbons (Fsp3) is 0.833. The molecular weight excluding hydrogens is 144 g/mol. The van der Waals surface area contributed by atoms with Gasteiger partial charge in [0.25, 0.3) is 0 Å². The van der Waals surface area contributed by atoms with Gasteiger partial charge in [-0.2, -0.15) is 0 Å². The lowest BCUT2D eigenvalue weighted by atomic mass is 9.94. The molecule has 0 radical (unpaired) electrons. The minimum atomic E-state index is 0.973. The Kier molecular flexibility index (Phi) is 8.64. The summed E-state index contributed by atoms with van der Waals surface area (Å²) in [6.45, 7) is 6.70. The SMILES string of the molecule is CC=CCCC(CC)CCCC. The molecule has 0 rings (SSSR count). The van der Waals surface area contributed by atoms with Gasteiger partial charge in [0.1, 0.15) is 0 Å². The third-order valence-corrected chi connectivity index (χ3v) is 2.52. The summed E-state index contributed by atoms with van der Waals surface area (Å²) in [5.41, 5.74) is 0. The van der Waals surface area contributed by atoms with Crippen LogP contribution < -0.4 is 0 Å². The summed E-state index contributed by atoms with van der Waals surface area (Å²) >= 11 is 0. The van der Waals surface area contributed by atoms with Crippen molar-refractivity contribution in [3.63, 3.8) is 0 Å². The van der Waals surface area contributed by atoms with Gasteiger partial charge in [-0.05, 0) is 25.7 Å². The van der Waals surface area contributed by atoms with Gasteiger partial charge in [0.05, 0.1) is 0 Å². The highest BCUT2D eigenvalue weighted by Crippen LogP contribution is 2.18. The molecule has 0 spiro atoms. The molecule has 0 N–H and O–H groups in total. The normalized spacial score (nSPS) is 13.9. The van der Waals surface area contributed by atoms with Crippen molar-refractivity contribution in [1.82, 2.24) is 0 Å². The summed E-state index contributed by atoms with van der Waals surface area (Å²) in [6.07, 6.45) is 12.7. The second kappa shape index (κ2) is 8.83. The summed E-state index contributed by atoms with van der Waals surface area (Å²) in [7, 11) is 0. The first-order valence-corrected chi connectivity index (χ1v) is 5.46. The zero-order chi connectivity index (χ0) is 9.23. The first kappa shape index (κ1) is 11.7. The van der Waals surface area contributed by atoms with Crippen LogP contribution in [0.2, 0.25) is 0 Å². The molecule has 0 aromatic heterocycles. The fourth-order valence-corrected chi connectivity index (χ4v) is 1.54. The lowest BCUT2D eigenvalue weighted by Gasteiger charge is -2.12. The summed E-state index contributed by atoms with van der Waals surface area (Å²) in [4.78, 5) is 0. The van der Waals surface area contributed by atoms with E-state index in [1.165, 1.54) is 38.5 Å². The highest BCUT2D eigenvalue weighted by atomic mass is 14.1. The van der Waals surface area contributed by atoms with E-state index >= 15 is 0 Å². The fourth-order valence-electron chi connectivity index (χ4n) is 1.54. The van der Waals surface area contributed by atoms with E-state index in [1.54, 1.807) is 0 Å². The minimum Gasteiger partial charge on any atom is -0.0917 e. The molecule has 0 bridgehead atoms. The van der Waals surface area contributed by atoms with Crippen LogP contribution in [0.5, 0.6) is 0 Å². The van der Waals surface area contributed by atoms with Crippen molar-refractivity contribution in [3.05, 3.63) is 12.2 Å². The Morgan fingerprint density at radius 2 is 1.92 bits per heavy atom. The predicted molar refractivity (Wildman–Crippen MR) is 57.4 cm³/mol. The lowest BCUT2D eigenvalue weighted by molar-refractivity contribution is 0.425. The molecule has 72 valence electrons. The van der Waals surface area contributed by atoms with Crippen molar-refractivity contribution in [2.24, 2.45) is 5.92 Å². The van der Waals surface area contributed by atoms with Crippen LogP contribution in [0.3, 0.4) is 0 Å². The average Bonchev–Trinajstić information content (AvgIpc) is 2.11. The maximum absolute atomic E-state index is 2.32. The molecule has 0 aromatic rings. The number of hydrogen-bond acceptors (Lipinski definition) is 0. The zero-order valence-electron chi connectivity index (χ0n) is 8.97. The molecule has 1 atom stereocenters. The van der Waals surface area contributed by atoms with Gasteiger partial charge in [-0.25, -0.2) is 0 Å². The minimum absolute atomic E-state index is 0.973. The van der Waals surface area contributed by atoms with E-state index in [1.807, 2.05) is 0 Å². The number of rotatable bonds is 7. The number of unbranched alkanes of at least 4 members (excludes halogenated alkanes) is 1. The quantitative estimate of drug-likeness (QED) is 0.489. The number of allylic oxidation sites excluding steroid dienone is 2. The van der Waals surface area contributed by atoms with E-state index < -0.39 is 0 Å². The van der Waals surface area contributed by atoms with Gasteiger partial charge in [0, 0.05) is 0 Å². The van der Waals surface area contributed by atoms with Gasteiger partial charge < -0.3 is 0 Å². The van der Waals surface area contributed by atoms with Crippen LogP contribution in [0.4, 0.5) is 0 Å². The molecule has 0 aliphatic rings. The van der Waals surface area contributed by atoms with Crippen LogP contribution in [0, 0.1) is 5.92 Å². The maximum atomic E-state index is 2.32. The molecule has 0 aromatic carbocycles. The smallest absolute Gasteiger partial charge is 0.0348 e. The van der Waals surface area contributed by atoms with Crippen molar-refractivity contribution in [2.75, 3.05) is 0 Å². The van der Waals surface area contributed by atoms with Crippen LogP contribution in [0.1, 0.15) is 59.3 Å². The monoisotopic (exact) mass is 168 g/mol. The summed E-state index contributed by atoms with van der Waals surface area (Å²) in [6, 6.07) is 0. The first-order valence-electron chi connectivity index (χ1n) is 5.46. The molecule has 0 saturated carbocycles. The standard InChI is InChI=1S/C12H24/c1-4-7-9-11-12(6-3)10-8-5-2/h4,7,12H,5-6,8-11H2,1-3H3. The molecule has 0 aliphatic heterocycles. The molecule has 0 nitrogen and oxygen atoms in total. The van der Waals surface area contributed by atoms with Crippen LogP contribution in [0.25, 0.3) is 0 Å². The molecule has 1 unspecified atom stereocenters. The van der Waals surface area contributed by atoms with Crippen molar-refractivity contribution in [2.45, 2.75) is 59.3 Å². The van der Waals surface area contributed by atoms with Gasteiger partial charge in [-0.3, -0.25) is 0 Å². The van der Waals surface area contributed by atoms with Gasteiger partial charge in [0.15, 0.2) is 0 Å². The van der Waals surface area contributed by atoms with Crippen LogP contribution >= 0.6 is 0 Å². The Morgan fingerprint density at radius 3 is 2.42 bits per heavy atom. The van der Waals surface area contributed by atoms with Crippen molar-refractivity contribution >= 4 is 0 Å². The van der Waals surface area contributed by atoms with E-state index in [2.05, 4.69) is 32.9 Å². The lowest BCUT2D eigenvalue weighted by Crippen LogP contribution is -1.97. The second-order valence-corrected chi connectivity index (χ2v) is 3.56. The summed E-state index contributed by atoms with van der Waals surface area (Å²) < 4.78 is 0. The van der Waals surface area contributed by atoms with E-state index in [-0.39, 0.29) is 0 Å². The molecule has 0 aliphatic carbocycles. The van der Waals surface area contributed by atoms with Gasteiger partial charge in [-0.15, -0.1) is 0 Å². The topological polar surface area (TPSA) is 0 Å². The number of hydrogen-bond donors (Lipinski definition) is 0. The average molecular weight is 168 g/mol. The highest BCUT2D eigenvalue weighted by molar-refractivity contribution is 4.77. The van der Waals surface area contributed by atoms with E-state index in [0.717, 1.165) is 5.92 Å². The molecule has 0 amide bonds. The Bertz CT molecular complexity index is 103. The van der Waals surface area contributed by atoms with Crippen LogP contribution in [-0.2, 0) is 0 Å². The Hall–Kier alpha value is -0.260. The van der Waals surface area contributed by atoms with E-state index in [0.29, 0.717) is 0 Å².